The number of aliphatic hydroxyl groups excluding tert-OH is 1. The van der Waals surface area contributed by atoms with Gasteiger partial charge in [-0.3, -0.25) is 0 Å². The molecule has 1 aromatic heterocycles. The number of thiophene rings is 1. The van der Waals surface area contributed by atoms with Gasteiger partial charge in [-0.2, -0.15) is 0 Å². The van der Waals surface area contributed by atoms with Crippen LogP contribution in [0, 0.1) is 0 Å². The Kier molecular flexibility index (Phi) is 4.39. The topological polar surface area (TPSA) is 32.3 Å². The van der Waals surface area contributed by atoms with Gasteiger partial charge in [-0.05, 0) is 38.3 Å². The van der Waals surface area contributed by atoms with Gasteiger partial charge < -0.3 is 10.4 Å². The first-order chi connectivity index (χ1) is 7.63. The summed E-state index contributed by atoms with van der Waals surface area (Å²) in [5.74, 6) is 0. The van der Waals surface area contributed by atoms with Crippen LogP contribution in [0.2, 0.25) is 0 Å². The highest BCUT2D eigenvalue weighted by Gasteiger charge is 2.23. The number of hydrogen-bond donors (Lipinski definition) is 2. The maximum atomic E-state index is 9.63. The molecule has 0 aromatic carbocycles. The fourth-order valence-corrected chi connectivity index (χ4v) is 2.34. The van der Waals surface area contributed by atoms with Gasteiger partial charge in [-0.15, -0.1) is 11.3 Å². The minimum atomic E-state index is -0.357. The lowest BCUT2D eigenvalue weighted by Crippen LogP contribution is -2.47. The Bertz CT molecular complexity index is 361. The van der Waals surface area contributed by atoms with Gasteiger partial charge in [0.05, 0.1) is 6.10 Å². The summed E-state index contributed by atoms with van der Waals surface area (Å²) in [4.78, 5) is 2.73. The molecule has 1 aromatic rings. The normalized spacial score (nSPS) is 15.0. The summed E-state index contributed by atoms with van der Waals surface area (Å²) < 4.78 is 0. The highest BCUT2D eigenvalue weighted by Crippen LogP contribution is 2.29. The van der Waals surface area contributed by atoms with E-state index < -0.39 is 0 Å². The van der Waals surface area contributed by atoms with Crippen molar-refractivity contribution in [3.05, 3.63) is 21.9 Å². The van der Waals surface area contributed by atoms with E-state index in [2.05, 4.69) is 38.2 Å². The molecule has 2 nitrogen and oxygen atoms in total. The van der Waals surface area contributed by atoms with Crippen molar-refractivity contribution in [3.63, 3.8) is 0 Å². The lowest BCUT2D eigenvalue weighted by atomic mass is 9.95. The molecule has 0 aliphatic rings. The number of rotatable bonds is 4. The Balaban J connectivity index is 2.63. The van der Waals surface area contributed by atoms with Gasteiger partial charge in [-0.25, -0.2) is 0 Å². The number of hydrogen-bond acceptors (Lipinski definition) is 3. The average molecular weight is 255 g/mol. The predicted molar refractivity (Wildman–Crippen MR) is 75.6 cm³/mol. The fourth-order valence-electron chi connectivity index (χ4n) is 1.34. The summed E-state index contributed by atoms with van der Waals surface area (Å²) >= 11 is 1.85. The molecule has 0 spiro atoms. The van der Waals surface area contributed by atoms with E-state index in [0.29, 0.717) is 0 Å². The third-order valence-electron chi connectivity index (χ3n) is 3.16. The Morgan fingerprint density at radius 2 is 1.82 bits per heavy atom. The zero-order chi connectivity index (χ0) is 13.3. The van der Waals surface area contributed by atoms with Crippen molar-refractivity contribution in [3.8, 4) is 0 Å². The van der Waals surface area contributed by atoms with Crippen LogP contribution in [0.4, 0.5) is 0 Å². The van der Waals surface area contributed by atoms with Gasteiger partial charge in [0.25, 0.3) is 0 Å². The second kappa shape index (κ2) is 5.09. The van der Waals surface area contributed by atoms with Crippen LogP contribution in [0.25, 0.3) is 0 Å². The van der Waals surface area contributed by atoms with Crippen LogP contribution in [0.5, 0.6) is 0 Å². The largest absolute Gasteiger partial charge is 0.392 e. The molecule has 3 heteroatoms. The molecule has 1 heterocycles. The first-order valence-corrected chi connectivity index (χ1v) is 6.97. The van der Waals surface area contributed by atoms with Crippen molar-refractivity contribution in [2.75, 3.05) is 0 Å². The van der Waals surface area contributed by atoms with E-state index in [1.54, 1.807) is 0 Å². The molecule has 0 aliphatic carbocycles. The third-order valence-corrected chi connectivity index (χ3v) is 4.67. The molecule has 2 N–H and O–H groups in total. The van der Waals surface area contributed by atoms with Crippen molar-refractivity contribution >= 4 is 11.3 Å². The van der Waals surface area contributed by atoms with Crippen LogP contribution in [0.3, 0.4) is 0 Å². The van der Waals surface area contributed by atoms with E-state index in [9.17, 15) is 5.11 Å². The predicted octanol–water partition coefficient (Wildman–Crippen LogP) is 3.29. The molecule has 0 saturated heterocycles. The quantitative estimate of drug-likeness (QED) is 0.865. The Hall–Kier alpha value is -0.380. The van der Waals surface area contributed by atoms with E-state index >= 15 is 0 Å². The zero-order valence-electron chi connectivity index (χ0n) is 11.8. The number of nitrogens with one attached hydrogen (secondary N) is 1. The molecule has 98 valence electrons. The molecule has 0 saturated carbocycles. The standard InChI is InChI=1S/C14H25NOS/c1-10(16)14(5,6)15-9-11-7-8-12(17-11)13(2,3)4/h7-8,10,15-16H,9H2,1-6H3. The number of aliphatic hydroxyl groups is 1. The molecular weight excluding hydrogens is 230 g/mol. The van der Waals surface area contributed by atoms with Crippen molar-refractivity contribution in [2.24, 2.45) is 0 Å². The molecule has 1 unspecified atom stereocenters. The van der Waals surface area contributed by atoms with Gasteiger partial charge >= 0.3 is 0 Å². The summed E-state index contributed by atoms with van der Waals surface area (Å²) in [6.45, 7) is 13.4. The SMILES string of the molecule is CC(O)C(C)(C)NCc1ccc(C(C)(C)C)s1. The monoisotopic (exact) mass is 255 g/mol. The van der Waals surface area contributed by atoms with Crippen LogP contribution < -0.4 is 5.32 Å². The van der Waals surface area contributed by atoms with Gasteiger partial charge in [0.15, 0.2) is 0 Å². The molecule has 1 atom stereocenters. The summed E-state index contributed by atoms with van der Waals surface area (Å²) in [6, 6.07) is 4.38. The smallest absolute Gasteiger partial charge is 0.0688 e. The molecule has 0 aliphatic heterocycles. The van der Waals surface area contributed by atoms with E-state index in [1.165, 1.54) is 9.75 Å². The Morgan fingerprint density at radius 3 is 2.24 bits per heavy atom. The molecule has 1 rings (SSSR count). The van der Waals surface area contributed by atoms with Gasteiger partial charge in [0.2, 0.25) is 0 Å². The minimum Gasteiger partial charge on any atom is -0.392 e. The highest BCUT2D eigenvalue weighted by molar-refractivity contribution is 7.12. The summed E-state index contributed by atoms with van der Waals surface area (Å²) in [5, 5.41) is 13.0. The summed E-state index contributed by atoms with van der Waals surface area (Å²) in [7, 11) is 0. The molecular formula is C14H25NOS. The van der Waals surface area contributed by atoms with Gasteiger partial charge in [0, 0.05) is 21.8 Å². The van der Waals surface area contributed by atoms with Crippen molar-refractivity contribution in [1.29, 1.82) is 0 Å². The van der Waals surface area contributed by atoms with Gasteiger partial charge in [-0.1, -0.05) is 20.8 Å². The summed E-state index contributed by atoms with van der Waals surface area (Å²) in [6.07, 6.45) is -0.357. The second-order valence-corrected chi connectivity index (χ2v) is 7.44. The third kappa shape index (κ3) is 4.09. The van der Waals surface area contributed by atoms with Crippen LogP contribution >= 0.6 is 11.3 Å². The van der Waals surface area contributed by atoms with Crippen LogP contribution in [-0.2, 0) is 12.0 Å². The lowest BCUT2D eigenvalue weighted by molar-refractivity contribution is 0.0958. The van der Waals surface area contributed by atoms with Crippen molar-refractivity contribution in [2.45, 2.75) is 65.1 Å². The molecule has 0 radical (unpaired) electrons. The van der Waals surface area contributed by atoms with Gasteiger partial charge in [0.1, 0.15) is 0 Å². The van der Waals surface area contributed by atoms with E-state index in [4.69, 9.17) is 0 Å². The summed E-state index contributed by atoms with van der Waals surface area (Å²) in [5.41, 5.74) is -0.0193. The Labute approximate surface area is 109 Å². The van der Waals surface area contributed by atoms with Crippen LogP contribution in [0.15, 0.2) is 12.1 Å². The molecule has 0 bridgehead atoms. The maximum Gasteiger partial charge on any atom is 0.0688 e. The average Bonchev–Trinajstić information content (AvgIpc) is 2.62. The second-order valence-electron chi connectivity index (χ2n) is 6.27. The zero-order valence-corrected chi connectivity index (χ0v) is 12.6. The van der Waals surface area contributed by atoms with Crippen LogP contribution in [-0.4, -0.2) is 16.7 Å². The molecule has 0 amide bonds. The minimum absolute atomic E-state index is 0.225. The maximum absolute atomic E-state index is 9.63. The first-order valence-electron chi connectivity index (χ1n) is 6.15. The first kappa shape index (κ1) is 14.7. The Morgan fingerprint density at radius 1 is 1.24 bits per heavy atom. The van der Waals surface area contributed by atoms with E-state index in [0.717, 1.165) is 6.54 Å². The molecule has 17 heavy (non-hydrogen) atoms. The van der Waals surface area contributed by atoms with E-state index in [1.807, 2.05) is 32.1 Å². The van der Waals surface area contributed by atoms with Crippen LogP contribution in [0.1, 0.15) is 51.3 Å². The van der Waals surface area contributed by atoms with Crippen molar-refractivity contribution < 1.29 is 5.11 Å². The lowest BCUT2D eigenvalue weighted by Gasteiger charge is -2.29. The molecule has 0 fully saturated rings. The van der Waals surface area contributed by atoms with E-state index in [-0.39, 0.29) is 17.1 Å². The fraction of sp³-hybridized carbons (Fsp3) is 0.714. The van der Waals surface area contributed by atoms with Crippen molar-refractivity contribution in [1.82, 2.24) is 5.32 Å². The highest BCUT2D eigenvalue weighted by atomic mass is 32.1.